The van der Waals surface area contributed by atoms with Crippen molar-refractivity contribution in [3.63, 3.8) is 0 Å². The van der Waals surface area contributed by atoms with Crippen molar-refractivity contribution in [1.82, 2.24) is 9.97 Å². The Bertz CT molecular complexity index is 1400. The molecule has 4 rings (SSSR count). The SMILES string of the molecule is Cc1ccc(-c2ccc(C#N)c(SC(C)C(=O)Nc3nc(-c4ccc(Cl)cc4Cl)cs3)n2)cc1. The Kier molecular flexibility index (Phi) is 7.54. The van der Waals surface area contributed by atoms with Crippen LogP contribution in [0.2, 0.25) is 10.0 Å². The lowest BCUT2D eigenvalue weighted by Gasteiger charge is -2.12. The van der Waals surface area contributed by atoms with E-state index >= 15 is 0 Å². The van der Waals surface area contributed by atoms with E-state index in [4.69, 9.17) is 23.2 Å². The number of nitrogens with one attached hydrogen (secondary N) is 1. The maximum absolute atomic E-state index is 12.8. The molecule has 0 aliphatic carbocycles. The van der Waals surface area contributed by atoms with E-state index in [1.54, 1.807) is 31.2 Å². The summed E-state index contributed by atoms with van der Waals surface area (Å²) in [7, 11) is 0. The predicted molar refractivity (Wildman–Crippen MR) is 141 cm³/mol. The number of aromatic nitrogens is 2. The van der Waals surface area contributed by atoms with Crippen molar-refractivity contribution in [1.29, 1.82) is 5.26 Å². The number of rotatable bonds is 6. The molecule has 0 aliphatic rings. The third-order valence-electron chi connectivity index (χ3n) is 4.93. The Labute approximate surface area is 215 Å². The van der Waals surface area contributed by atoms with Gasteiger partial charge in [0.25, 0.3) is 0 Å². The first kappa shape index (κ1) is 24.2. The number of hydrogen-bond donors (Lipinski definition) is 1. The zero-order valence-corrected chi connectivity index (χ0v) is 21.3. The monoisotopic (exact) mass is 524 g/mol. The standard InChI is InChI=1S/C25H18Cl2N4OS2/c1-14-3-5-16(6-4-14)21-10-7-17(12-28)24(29-21)34-15(2)23(32)31-25-30-22(13-33-25)19-9-8-18(26)11-20(19)27/h3-11,13,15H,1-2H3,(H,30,31,32). The zero-order chi connectivity index (χ0) is 24.2. The molecule has 0 radical (unpaired) electrons. The molecular formula is C25H18Cl2N4OS2. The summed E-state index contributed by atoms with van der Waals surface area (Å²) in [4.78, 5) is 22.0. The van der Waals surface area contributed by atoms with Gasteiger partial charge in [0.1, 0.15) is 11.1 Å². The first-order chi connectivity index (χ1) is 16.3. The van der Waals surface area contributed by atoms with Gasteiger partial charge in [0.15, 0.2) is 5.13 Å². The summed E-state index contributed by atoms with van der Waals surface area (Å²) in [6.45, 7) is 3.79. The number of carbonyl (C=O) groups is 1. The highest BCUT2D eigenvalue weighted by atomic mass is 35.5. The molecule has 0 aliphatic heterocycles. The lowest BCUT2D eigenvalue weighted by molar-refractivity contribution is -0.115. The van der Waals surface area contributed by atoms with Crippen molar-refractivity contribution in [2.75, 3.05) is 5.32 Å². The summed E-state index contributed by atoms with van der Waals surface area (Å²) in [6.07, 6.45) is 0. The molecule has 0 bridgehead atoms. The van der Waals surface area contributed by atoms with Crippen LogP contribution in [0.3, 0.4) is 0 Å². The number of thioether (sulfide) groups is 1. The molecule has 34 heavy (non-hydrogen) atoms. The molecule has 2 aromatic heterocycles. The van der Waals surface area contributed by atoms with Gasteiger partial charge in [-0.1, -0.05) is 64.8 Å². The maximum atomic E-state index is 12.8. The van der Waals surface area contributed by atoms with E-state index in [2.05, 4.69) is 21.4 Å². The second-order valence-corrected chi connectivity index (χ2v) is 10.5. The lowest BCUT2D eigenvalue weighted by atomic mass is 10.1. The number of pyridine rings is 1. The van der Waals surface area contributed by atoms with Gasteiger partial charge in [0.05, 0.1) is 27.2 Å². The van der Waals surface area contributed by atoms with Crippen LogP contribution in [0.4, 0.5) is 5.13 Å². The maximum Gasteiger partial charge on any atom is 0.239 e. The summed E-state index contributed by atoms with van der Waals surface area (Å²) in [5.41, 5.74) is 4.67. The quantitative estimate of drug-likeness (QED) is 0.264. The van der Waals surface area contributed by atoms with Gasteiger partial charge in [0, 0.05) is 21.5 Å². The summed E-state index contributed by atoms with van der Waals surface area (Å²) in [5.74, 6) is -0.237. The van der Waals surface area contributed by atoms with Crippen LogP contribution >= 0.6 is 46.3 Å². The van der Waals surface area contributed by atoms with E-state index in [0.717, 1.165) is 22.4 Å². The summed E-state index contributed by atoms with van der Waals surface area (Å²) >= 11 is 14.8. The molecule has 1 unspecified atom stereocenters. The Hall–Kier alpha value is -2.89. The number of halogens is 2. The smallest absolute Gasteiger partial charge is 0.239 e. The molecule has 1 amide bonds. The third-order valence-corrected chi connectivity index (χ3v) is 7.33. The molecule has 1 atom stereocenters. The molecule has 170 valence electrons. The Morgan fingerprint density at radius 2 is 1.85 bits per heavy atom. The van der Waals surface area contributed by atoms with Crippen LogP contribution in [0.1, 0.15) is 18.1 Å². The summed E-state index contributed by atoms with van der Waals surface area (Å²) in [6, 6.07) is 18.9. The van der Waals surface area contributed by atoms with Crippen LogP contribution < -0.4 is 5.32 Å². The van der Waals surface area contributed by atoms with Gasteiger partial charge in [-0.15, -0.1) is 11.3 Å². The van der Waals surface area contributed by atoms with Crippen LogP contribution in [0.5, 0.6) is 0 Å². The van der Waals surface area contributed by atoms with Crippen molar-refractivity contribution in [2.45, 2.75) is 24.1 Å². The van der Waals surface area contributed by atoms with Crippen LogP contribution in [0.15, 0.2) is 65.0 Å². The van der Waals surface area contributed by atoms with E-state index in [1.165, 1.54) is 23.1 Å². The van der Waals surface area contributed by atoms with Crippen LogP contribution in [0, 0.1) is 18.3 Å². The first-order valence-corrected chi connectivity index (χ1v) is 12.7. The lowest BCUT2D eigenvalue weighted by Crippen LogP contribution is -2.22. The minimum Gasteiger partial charge on any atom is -0.301 e. The Morgan fingerprint density at radius 3 is 2.56 bits per heavy atom. The van der Waals surface area contributed by atoms with Crippen molar-refractivity contribution in [2.24, 2.45) is 0 Å². The van der Waals surface area contributed by atoms with E-state index < -0.39 is 5.25 Å². The molecule has 2 aromatic carbocycles. The number of anilines is 1. The van der Waals surface area contributed by atoms with Crippen molar-refractivity contribution < 1.29 is 4.79 Å². The van der Waals surface area contributed by atoms with E-state index in [9.17, 15) is 10.1 Å². The fraction of sp³-hybridized carbons (Fsp3) is 0.120. The largest absolute Gasteiger partial charge is 0.301 e. The molecule has 1 N–H and O–H groups in total. The van der Waals surface area contributed by atoms with Gasteiger partial charge in [0.2, 0.25) is 5.91 Å². The van der Waals surface area contributed by atoms with Gasteiger partial charge >= 0.3 is 0 Å². The molecule has 0 spiro atoms. The average molecular weight is 525 g/mol. The van der Waals surface area contributed by atoms with E-state index in [-0.39, 0.29) is 5.91 Å². The molecular weight excluding hydrogens is 507 g/mol. The highest BCUT2D eigenvalue weighted by Gasteiger charge is 2.20. The van der Waals surface area contributed by atoms with Gasteiger partial charge in [-0.3, -0.25) is 4.79 Å². The normalized spacial score (nSPS) is 11.6. The van der Waals surface area contributed by atoms with Gasteiger partial charge in [-0.25, -0.2) is 9.97 Å². The summed E-state index contributed by atoms with van der Waals surface area (Å²) in [5, 5.41) is 15.7. The second kappa shape index (κ2) is 10.6. The first-order valence-electron chi connectivity index (χ1n) is 10.2. The molecule has 0 fully saturated rings. The fourth-order valence-electron chi connectivity index (χ4n) is 3.08. The topological polar surface area (TPSA) is 78.7 Å². The van der Waals surface area contributed by atoms with Crippen LogP contribution in [0.25, 0.3) is 22.5 Å². The Balaban J connectivity index is 1.49. The van der Waals surface area contributed by atoms with Crippen LogP contribution in [-0.2, 0) is 4.79 Å². The average Bonchev–Trinajstić information content (AvgIpc) is 3.27. The number of aryl methyl sites for hydroxylation is 1. The Morgan fingerprint density at radius 1 is 1.09 bits per heavy atom. The van der Waals surface area contributed by atoms with E-state index in [1.807, 2.05) is 42.6 Å². The summed E-state index contributed by atoms with van der Waals surface area (Å²) < 4.78 is 0. The molecule has 5 nitrogen and oxygen atoms in total. The number of hydrogen-bond acceptors (Lipinski definition) is 6. The molecule has 0 saturated heterocycles. The van der Waals surface area contributed by atoms with Gasteiger partial charge in [-0.05, 0) is 44.2 Å². The zero-order valence-electron chi connectivity index (χ0n) is 18.2. The minimum absolute atomic E-state index is 0.237. The number of nitriles is 1. The molecule has 2 heterocycles. The predicted octanol–water partition coefficient (Wildman–Crippen LogP) is 7.48. The fourth-order valence-corrected chi connectivity index (χ4v) is 5.19. The number of carbonyl (C=O) groups excluding carboxylic acids is 1. The molecule has 4 aromatic rings. The highest BCUT2D eigenvalue weighted by Crippen LogP contribution is 2.33. The highest BCUT2D eigenvalue weighted by molar-refractivity contribution is 8.00. The van der Waals surface area contributed by atoms with E-state index in [0.29, 0.717) is 31.5 Å². The van der Waals surface area contributed by atoms with Crippen LogP contribution in [-0.4, -0.2) is 21.1 Å². The minimum atomic E-state index is -0.501. The van der Waals surface area contributed by atoms with Crippen molar-refractivity contribution in [3.05, 3.63) is 81.1 Å². The molecule has 0 saturated carbocycles. The number of thiazole rings is 1. The number of benzene rings is 2. The molecule has 9 heteroatoms. The van der Waals surface area contributed by atoms with Crippen molar-refractivity contribution >= 4 is 57.3 Å². The van der Waals surface area contributed by atoms with Gasteiger partial charge in [-0.2, -0.15) is 5.26 Å². The number of nitrogens with zero attached hydrogens (tertiary/aromatic N) is 3. The van der Waals surface area contributed by atoms with Crippen molar-refractivity contribution in [3.8, 4) is 28.6 Å². The second-order valence-electron chi connectivity index (χ2n) is 7.44. The van der Waals surface area contributed by atoms with Gasteiger partial charge < -0.3 is 5.32 Å². The third kappa shape index (κ3) is 5.60. The number of amides is 1.